The molecule has 4 heterocycles. The fourth-order valence-corrected chi connectivity index (χ4v) is 6.02. The van der Waals surface area contributed by atoms with Crippen LogP contribution in [0.1, 0.15) is 28.4 Å². The number of aromatic nitrogens is 1. The first-order valence-electron chi connectivity index (χ1n) is 11.7. The summed E-state index contributed by atoms with van der Waals surface area (Å²) in [7, 11) is 0. The van der Waals surface area contributed by atoms with E-state index in [4.69, 9.17) is 4.74 Å². The van der Waals surface area contributed by atoms with Gasteiger partial charge in [0.2, 0.25) is 5.91 Å². The van der Waals surface area contributed by atoms with E-state index in [1.54, 1.807) is 31.5 Å². The predicted molar refractivity (Wildman–Crippen MR) is 131 cm³/mol. The number of carbonyl (C=O) groups is 3. The summed E-state index contributed by atoms with van der Waals surface area (Å²) in [5.41, 5.74) is 2.15. The van der Waals surface area contributed by atoms with Crippen molar-refractivity contribution in [2.24, 2.45) is 5.92 Å². The van der Waals surface area contributed by atoms with Crippen LogP contribution in [0.15, 0.2) is 79.1 Å². The number of amides is 1. The first kappa shape index (κ1) is 21.3. The number of ether oxygens (including phenoxy) is 1. The molecule has 1 aromatic heterocycles. The first-order valence-corrected chi connectivity index (χ1v) is 11.7. The Morgan fingerprint density at radius 3 is 2.60 bits per heavy atom. The van der Waals surface area contributed by atoms with E-state index in [1.807, 2.05) is 65.6 Å². The normalized spacial score (nSPS) is 25.6. The molecule has 35 heavy (non-hydrogen) atoms. The van der Waals surface area contributed by atoms with Crippen molar-refractivity contribution in [1.29, 1.82) is 0 Å². The summed E-state index contributed by atoms with van der Waals surface area (Å²) in [4.78, 5) is 47.9. The number of benzene rings is 2. The molecule has 0 radical (unpaired) electrons. The number of para-hydroxylation sites is 2. The lowest BCUT2D eigenvalue weighted by molar-refractivity contribution is -0.145. The number of nitrogens with one attached hydrogen (secondary N) is 1. The highest BCUT2D eigenvalue weighted by molar-refractivity contribution is 6.16. The predicted octanol–water partition coefficient (Wildman–Crippen LogP) is 3.62. The van der Waals surface area contributed by atoms with Gasteiger partial charge in [0.15, 0.2) is 5.78 Å². The number of carbonyl (C=O) groups excluding carboxylic acids is 3. The number of ketones is 1. The van der Waals surface area contributed by atoms with Crippen molar-refractivity contribution in [2.45, 2.75) is 24.4 Å². The molecule has 2 aromatic carbocycles. The van der Waals surface area contributed by atoms with Gasteiger partial charge in [-0.25, -0.2) is 4.79 Å². The second-order valence-corrected chi connectivity index (χ2v) is 8.91. The van der Waals surface area contributed by atoms with Crippen LogP contribution in [-0.4, -0.2) is 41.3 Å². The second kappa shape index (κ2) is 7.91. The first-order chi connectivity index (χ1) is 17.1. The summed E-state index contributed by atoms with van der Waals surface area (Å²) in [6.07, 6.45) is 6.99. The number of fused-ring (bicyclic) bond motifs is 6. The Balaban J connectivity index is 1.66. The molecule has 174 valence electrons. The topological polar surface area (TPSA) is 88.6 Å². The third-order valence-corrected chi connectivity index (χ3v) is 7.32. The molecule has 7 heteroatoms. The largest absolute Gasteiger partial charge is 0.464 e. The molecule has 6 rings (SSSR count). The van der Waals surface area contributed by atoms with Gasteiger partial charge in [-0.05, 0) is 42.3 Å². The molecule has 4 atom stereocenters. The molecule has 3 aromatic rings. The number of Topliss-reactive ketones (excluding diaryl/α,β-unsaturated/α-hetero) is 1. The molecule has 3 aliphatic rings. The van der Waals surface area contributed by atoms with Crippen LogP contribution in [0.3, 0.4) is 0 Å². The minimum absolute atomic E-state index is 0.164. The van der Waals surface area contributed by atoms with Gasteiger partial charge < -0.3 is 15.0 Å². The number of hydrogen-bond acceptors (Lipinski definition) is 6. The SMILES string of the molecule is CCOC(=O)[C@@H]1[C@H](C(=O)c2ccncc2)[C@]2(C(=O)Nc3ccccc32)[C@@H]2C=Cc3ccccc3N12. The minimum Gasteiger partial charge on any atom is -0.464 e. The summed E-state index contributed by atoms with van der Waals surface area (Å²) >= 11 is 0. The monoisotopic (exact) mass is 465 g/mol. The molecule has 7 nitrogen and oxygen atoms in total. The average Bonchev–Trinajstić information content (AvgIpc) is 3.37. The van der Waals surface area contributed by atoms with Crippen LogP contribution in [-0.2, 0) is 19.7 Å². The maximum atomic E-state index is 14.3. The Hall–Kier alpha value is -4.26. The zero-order valence-electron chi connectivity index (χ0n) is 19.0. The van der Waals surface area contributed by atoms with Crippen molar-refractivity contribution in [3.63, 3.8) is 0 Å². The summed E-state index contributed by atoms with van der Waals surface area (Å²) in [5, 5.41) is 3.00. The molecule has 1 N–H and O–H groups in total. The Morgan fingerprint density at radius 1 is 1.06 bits per heavy atom. The average molecular weight is 466 g/mol. The Morgan fingerprint density at radius 2 is 1.80 bits per heavy atom. The molecular weight excluding hydrogens is 442 g/mol. The summed E-state index contributed by atoms with van der Waals surface area (Å²) in [5.74, 6) is -2.13. The molecule has 1 spiro atoms. The van der Waals surface area contributed by atoms with Crippen LogP contribution in [0.4, 0.5) is 11.4 Å². The zero-order chi connectivity index (χ0) is 24.2. The number of pyridine rings is 1. The lowest BCUT2D eigenvalue weighted by Gasteiger charge is -2.37. The number of nitrogens with zero attached hydrogens (tertiary/aromatic N) is 2. The molecule has 1 saturated heterocycles. The van der Waals surface area contributed by atoms with Gasteiger partial charge in [-0.1, -0.05) is 48.6 Å². The van der Waals surface area contributed by atoms with Crippen LogP contribution < -0.4 is 10.2 Å². The van der Waals surface area contributed by atoms with Crippen molar-refractivity contribution in [2.75, 3.05) is 16.8 Å². The van der Waals surface area contributed by atoms with Gasteiger partial charge in [0.1, 0.15) is 11.5 Å². The standard InChI is InChI=1S/C28H23N3O4/c1-2-35-26(33)24-23(25(32)18-13-15-29-16-14-18)28(19-8-4-5-9-20(19)30-27(28)34)22-12-11-17-7-3-6-10-21(17)31(22)24/h3-16,22-24H,2H2,1H3,(H,30,34)/t22-,23+,24-,28+/m0/s1. The van der Waals surface area contributed by atoms with Gasteiger partial charge in [0.25, 0.3) is 0 Å². The maximum Gasteiger partial charge on any atom is 0.329 e. The van der Waals surface area contributed by atoms with E-state index in [-0.39, 0.29) is 18.3 Å². The van der Waals surface area contributed by atoms with Gasteiger partial charge in [0, 0.05) is 29.3 Å². The Labute approximate surface area is 202 Å². The van der Waals surface area contributed by atoms with Crippen molar-refractivity contribution < 1.29 is 19.1 Å². The number of esters is 1. The molecule has 0 unspecified atom stereocenters. The van der Waals surface area contributed by atoms with Gasteiger partial charge in [-0.2, -0.15) is 0 Å². The van der Waals surface area contributed by atoms with Crippen molar-refractivity contribution in [3.8, 4) is 0 Å². The third kappa shape index (κ3) is 2.84. The Kier molecular flexibility index (Phi) is 4.81. The maximum absolute atomic E-state index is 14.3. The van der Waals surface area contributed by atoms with Gasteiger partial charge in [0.05, 0.1) is 18.6 Å². The highest BCUT2D eigenvalue weighted by Gasteiger charge is 2.70. The molecular formula is C28H23N3O4. The molecule has 1 fully saturated rings. The highest BCUT2D eigenvalue weighted by Crippen LogP contribution is 2.57. The quantitative estimate of drug-likeness (QED) is 0.468. The summed E-state index contributed by atoms with van der Waals surface area (Å²) in [6, 6.07) is 16.8. The Bertz CT molecular complexity index is 1390. The molecule has 0 bridgehead atoms. The number of hydrogen-bond donors (Lipinski definition) is 1. The van der Waals surface area contributed by atoms with E-state index in [2.05, 4.69) is 10.3 Å². The lowest BCUT2D eigenvalue weighted by Crippen LogP contribution is -2.51. The van der Waals surface area contributed by atoms with E-state index < -0.39 is 29.4 Å². The fourth-order valence-electron chi connectivity index (χ4n) is 6.02. The highest BCUT2D eigenvalue weighted by atomic mass is 16.5. The van der Waals surface area contributed by atoms with E-state index >= 15 is 0 Å². The summed E-state index contributed by atoms with van der Waals surface area (Å²) < 4.78 is 5.53. The van der Waals surface area contributed by atoms with Crippen molar-refractivity contribution in [1.82, 2.24) is 4.98 Å². The van der Waals surface area contributed by atoms with E-state index in [0.29, 0.717) is 16.8 Å². The van der Waals surface area contributed by atoms with Crippen molar-refractivity contribution in [3.05, 3.63) is 95.8 Å². The van der Waals surface area contributed by atoms with Crippen LogP contribution in [0.25, 0.3) is 6.08 Å². The lowest BCUT2D eigenvalue weighted by atomic mass is 9.64. The van der Waals surface area contributed by atoms with Crippen LogP contribution in [0.5, 0.6) is 0 Å². The van der Waals surface area contributed by atoms with Gasteiger partial charge >= 0.3 is 5.97 Å². The molecule has 0 aliphatic carbocycles. The third-order valence-electron chi connectivity index (χ3n) is 7.32. The van der Waals surface area contributed by atoms with E-state index in [9.17, 15) is 14.4 Å². The van der Waals surface area contributed by atoms with Gasteiger partial charge in [-0.15, -0.1) is 0 Å². The number of rotatable bonds is 4. The van der Waals surface area contributed by atoms with Crippen LogP contribution in [0, 0.1) is 5.92 Å². The van der Waals surface area contributed by atoms with E-state index in [1.165, 1.54) is 0 Å². The molecule has 3 aliphatic heterocycles. The van der Waals surface area contributed by atoms with Gasteiger partial charge in [-0.3, -0.25) is 14.6 Å². The second-order valence-electron chi connectivity index (χ2n) is 8.91. The number of anilines is 2. The molecule has 1 amide bonds. The minimum atomic E-state index is -1.32. The van der Waals surface area contributed by atoms with Crippen LogP contribution >= 0.6 is 0 Å². The van der Waals surface area contributed by atoms with Crippen molar-refractivity contribution >= 4 is 35.1 Å². The zero-order valence-corrected chi connectivity index (χ0v) is 19.0. The smallest absolute Gasteiger partial charge is 0.329 e. The fraction of sp³-hybridized carbons (Fsp3) is 0.214. The molecule has 0 saturated carbocycles. The van der Waals surface area contributed by atoms with Crippen LogP contribution in [0.2, 0.25) is 0 Å². The van der Waals surface area contributed by atoms with E-state index in [0.717, 1.165) is 11.3 Å². The summed E-state index contributed by atoms with van der Waals surface area (Å²) in [6.45, 7) is 1.90.